The van der Waals surface area contributed by atoms with Gasteiger partial charge in [0.15, 0.2) is 5.82 Å². The number of aryl methyl sites for hydroxylation is 1. The molecule has 5 nitrogen and oxygen atoms in total. The molecule has 0 aliphatic heterocycles. The Kier molecular flexibility index (Phi) is 2.85. The number of nitrogens with two attached hydrogens (primary N) is 1. The smallest absolute Gasteiger partial charge is 0.294 e. The van der Waals surface area contributed by atoms with Crippen molar-refractivity contribution in [3.05, 3.63) is 46.2 Å². The molecule has 5 heteroatoms. The second-order valence-electron chi connectivity index (χ2n) is 3.69. The summed E-state index contributed by atoms with van der Waals surface area (Å²) in [5, 5.41) is 7.95. The Morgan fingerprint density at radius 2 is 2.31 bits per heavy atom. The van der Waals surface area contributed by atoms with Gasteiger partial charge in [0.05, 0.1) is 0 Å². The van der Waals surface area contributed by atoms with E-state index in [1.807, 2.05) is 31.2 Å². The van der Waals surface area contributed by atoms with Crippen LogP contribution in [0.1, 0.15) is 30.8 Å². The standard InChI is InChI=1S/C11H14N4O/c1-2-9-13-14-10(11(16)15(9)12)8-6-4-3-5-7-8/h3-6,8H,2,7,12H2,1H3. The number of nitrogen functional groups attached to an aromatic ring is 1. The zero-order valence-corrected chi connectivity index (χ0v) is 9.13. The monoisotopic (exact) mass is 218 g/mol. The molecule has 0 bridgehead atoms. The predicted molar refractivity (Wildman–Crippen MR) is 61.5 cm³/mol. The number of hydrogen-bond acceptors (Lipinski definition) is 4. The van der Waals surface area contributed by atoms with E-state index < -0.39 is 0 Å². The van der Waals surface area contributed by atoms with Gasteiger partial charge in [-0.1, -0.05) is 31.2 Å². The first-order chi connectivity index (χ1) is 7.74. The molecule has 1 aromatic heterocycles. The van der Waals surface area contributed by atoms with E-state index in [0.717, 1.165) is 11.1 Å². The van der Waals surface area contributed by atoms with E-state index in [9.17, 15) is 4.79 Å². The molecular weight excluding hydrogens is 204 g/mol. The molecule has 1 heterocycles. The summed E-state index contributed by atoms with van der Waals surface area (Å²) in [5.41, 5.74) is 0.164. The molecule has 16 heavy (non-hydrogen) atoms. The number of aromatic nitrogens is 3. The van der Waals surface area contributed by atoms with Crippen LogP contribution in [0.3, 0.4) is 0 Å². The van der Waals surface area contributed by atoms with Crippen molar-refractivity contribution in [1.82, 2.24) is 14.9 Å². The van der Waals surface area contributed by atoms with Crippen LogP contribution in [0.15, 0.2) is 29.1 Å². The van der Waals surface area contributed by atoms with E-state index in [1.165, 1.54) is 0 Å². The summed E-state index contributed by atoms with van der Waals surface area (Å²) < 4.78 is 1.09. The second-order valence-corrected chi connectivity index (χ2v) is 3.69. The van der Waals surface area contributed by atoms with Gasteiger partial charge in [-0.15, -0.1) is 10.2 Å². The Morgan fingerprint density at radius 3 is 2.94 bits per heavy atom. The van der Waals surface area contributed by atoms with E-state index in [-0.39, 0.29) is 11.5 Å². The zero-order valence-electron chi connectivity index (χ0n) is 9.13. The molecule has 0 spiro atoms. The predicted octanol–water partition coefficient (Wildman–Crippen LogP) is 0.514. The molecule has 0 fully saturated rings. The molecule has 2 rings (SSSR count). The van der Waals surface area contributed by atoms with Crippen molar-refractivity contribution in [2.24, 2.45) is 0 Å². The second kappa shape index (κ2) is 4.30. The van der Waals surface area contributed by atoms with Crippen LogP contribution in [0.4, 0.5) is 0 Å². The molecule has 1 aliphatic carbocycles. The van der Waals surface area contributed by atoms with Gasteiger partial charge >= 0.3 is 0 Å². The van der Waals surface area contributed by atoms with Crippen LogP contribution in [-0.2, 0) is 6.42 Å². The third-order valence-electron chi connectivity index (χ3n) is 2.64. The summed E-state index contributed by atoms with van der Waals surface area (Å²) in [6.45, 7) is 1.88. The highest BCUT2D eigenvalue weighted by molar-refractivity contribution is 5.21. The first-order valence-corrected chi connectivity index (χ1v) is 5.31. The SMILES string of the molecule is CCc1nnc(C2C=CC=CC2)c(=O)n1N. The van der Waals surface area contributed by atoms with Gasteiger partial charge in [-0.25, -0.2) is 4.68 Å². The summed E-state index contributed by atoms with van der Waals surface area (Å²) in [7, 11) is 0. The van der Waals surface area contributed by atoms with E-state index in [4.69, 9.17) is 5.84 Å². The lowest BCUT2D eigenvalue weighted by molar-refractivity contribution is 0.665. The minimum Gasteiger partial charge on any atom is -0.335 e. The summed E-state index contributed by atoms with van der Waals surface area (Å²) in [4.78, 5) is 11.9. The molecule has 84 valence electrons. The van der Waals surface area contributed by atoms with E-state index >= 15 is 0 Å². The van der Waals surface area contributed by atoms with Crippen molar-refractivity contribution in [3.8, 4) is 0 Å². The highest BCUT2D eigenvalue weighted by atomic mass is 16.1. The van der Waals surface area contributed by atoms with Gasteiger partial charge in [0.2, 0.25) is 0 Å². The average Bonchev–Trinajstić information content (AvgIpc) is 2.34. The first-order valence-electron chi connectivity index (χ1n) is 5.31. The van der Waals surface area contributed by atoms with Crippen LogP contribution in [0, 0.1) is 0 Å². The average molecular weight is 218 g/mol. The fourth-order valence-electron chi connectivity index (χ4n) is 1.70. The molecule has 1 aromatic rings. The van der Waals surface area contributed by atoms with Crippen LogP contribution in [0.25, 0.3) is 0 Å². The molecule has 0 amide bonds. The maximum atomic E-state index is 11.9. The molecule has 0 aromatic carbocycles. The first kappa shape index (κ1) is 10.6. The van der Waals surface area contributed by atoms with Crippen LogP contribution in [0.5, 0.6) is 0 Å². The van der Waals surface area contributed by atoms with Gasteiger partial charge in [-0.05, 0) is 6.42 Å². The van der Waals surface area contributed by atoms with Crippen LogP contribution in [-0.4, -0.2) is 14.9 Å². The maximum absolute atomic E-state index is 11.9. The minimum atomic E-state index is -0.253. The van der Waals surface area contributed by atoms with E-state index in [1.54, 1.807) is 0 Å². The highest BCUT2D eigenvalue weighted by Crippen LogP contribution is 2.19. The van der Waals surface area contributed by atoms with E-state index in [2.05, 4.69) is 10.2 Å². The highest BCUT2D eigenvalue weighted by Gasteiger charge is 2.17. The lowest BCUT2D eigenvalue weighted by atomic mass is 9.98. The summed E-state index contributed by atoms with van der Waals surface area (Å²) in [5.74, 6) is 6.16. The largest absolute Gasteiger partial charge is 0.335 e. The Labute approximate surface area is 93.3 Å². The molecule has 0 saturated heterocycles. The number of nitrogens with zero attached hydrogens (tertiary/aromatic N) is 3. The van der Waals surface area contributed by atoms with Gasteiger partial charge in [0.1, 0.15) is 5.69 Å². The van der Waals surface area contributed by atoms with Gasteiger partial charge < -0.3 is 5.84 Å². The molecule has 0 saturated carbocycles. The minimum absolute atomic E-state index is 0.00861. The lowest BCUT2D eigenvalue weighted by Gasteiger charge is -2.12. The number of hydrogen-bond donors (Lipinski definition) is 1. The van der Waals surface area contributed by atoms with Crippen molar-refractivity contribution in [3.63, 3.8) is 0 Å². The topological polar surface area (TPSA) is 73.8 Å². The lowest BCUT2D eigenvalue weighted by Crippen LogP contribution is -2.35. The van der Waals surface area contributed by atoms with Gasteiger partial charge in [0, 0.05) is 12.3 Å². The summed E-state index contributed by atoms with van der Waals surface area (Å²) >= 11 is 0. The summed E-state index contributed by atoms with van der Waals surface area (Å²) in [6.07, 6.45) is 9.16. The molecule has 0 radical (unpaired) electrons. The number of allylic oxidation sites excluding steroid dienone is 4. The van der Waals surface area contributed by atoms with Crippen LogP contribution >= 0.6 is 0 Å². The van der Waals surface area contributed by atoms with Crippen molar-refractivity contribution < 1.29 is 0 Å². The molecule has 2 N–H and O–H groups in total. The third-order valence-corrected chi connectivity index (χ3v) is 2.64. The molecule has 1 atom stereocenters. The van der Waals surface area contributed by atoms with Crippen molar-refractivity contribution in [2.45, 2.75) is 25.7 Å². The Balaban J connectivity index is 2.43. The Hall–Kier alpha value is -1.91. The zero-order chi connectivity index (χ0) is 11.5. The van der Waals surface area contributed by atoms with Crippen molar-refractivity contribution >= 4 is 0 Å². The van der Waals surface area contributed by atoms with Gasteiger partial charge in [0.25, 0.3) is 5.56 Å². The van der Waals surface area contributed by atoms with E-state index in [0.29, 0.717) is 17.9 Å². The van der Waals surface area contributed by atoms with Crippen LogP contribution < -0.4 is 11.4 Å². The summed E-state index contributed by atoms with van der Waals surface area (Å²) in [6, 6.07) is 0. The molecule has 1 aliphatic rings. The Bertz CT molecular complexity index is 501. The maximum Gasteiger partial charge on any atom is 0.294 e. The fraction of sp³-hybridized carbons (Fsp3) is 0.364. The van der Waals surface area contributed by atoms with Crippen molar-refractivity contribution in [2.75, 3.05) is 5.84 Å². The van der Waals surface area contributed by atoms with Crippen molar-refractivity contribution in [1.29, 1.82) is 0 Å². The van der Waals surface area contributed by atoms with Crippen LogP contribution in [0.2, 0.25) is 0 Å². The normalized spacial score (nSPS) is 18.9. The Morgan fingerprint density at radius 1 is 1.50 bits per heavy atom. The quantitative estimate of drug-likeness (QED) is 0.734. The number of rotatable bonds is 2. The van der Waals surface area contributed by atoms with Gasteiger partial charge in [-0.3, -0.25) is 4.79 Å². The fourth-order valence-corrected chi connectivity index (χ4v) is 1.70. The third kappa shape index (κ3) is 1.76. The molecule has 1 unspecified atom stereocenters. The van der Waals surface area contributed by atoms with Gasteiger partial charge in [-0.2, -0.15) is 0 Å². The molecular formula is C11H14N4O.